The lowest BCUT2D eigenvalue weighted by molar-refractivity contribution is 0.199. The minimum absolute atomic E-state index is 0.0981. The van der Waals surface area contributed by atoms with Crippen molar-refractivity contribution >= 4 is 11.7 Å². The largest absolute Gasteiger partial charge is 0.389 e. The molecule has 118 valence electrons. The minimum Gasteiger partial charge on any atom is -0.389 e. The van der Waals surface area contributed by atoms with E-state index in [1.54, 1.807) is 17.9 Å². The second-order valence-corrected chi connectivity index (χ2v) is 5.47. The third kappa shape index (κ3) is 6.14. The zero-order chi connectivity index (χ0) is 15.8. The Balaban J connectivity index is 2.59. The monoisotopic (exact) mass is 293 g/mol. The van der Waals surface area contributed by atoms with Gasteiger partial charge in [0.1, 0.15) is 0 Å². The van der Waals surface area contributed by atoms with Gasteiger partial charge in [0.05, 0.1) is 6.10 Å². The molecule has 1 rings (SSSR count). The van der Waals surface area contributed by atoms with Gasteiger partial charge < -0.3 is 20.2 Å². The Morgan fingerprint density at radius 1 is 1.33 bits per heavy atom. The summed E-state index contributed by atoms with van der Waals surface area (Å²) in [5, 5.41) is 12.5. The smallest absolute Gasteiger partial charge is 0.321 e. The predicted molar refractivity (Wildman–Crippen MR) is 86.5 cm³/mol. The number of urea groups is 1. The molecule has 1 aromatic carbocycles. The Hall–Kier alpha value is -1.59. The number of anilines is 1. The lowest BCUT2D eigenvalue weighted by Gasteiger charge is -2.22. The van der Waals surface area contributed by atoms with E-state index in [-0.39, 0.29) is 6.03 Å². The van der Waals surface area contributed by atoms with Crippen molar-refractivity contribution in [2.45, 2.75) is 26.4 Å². The standard InChI is InChI=1S/C16H27N3O2/c1-5-19(11-7-10-18(3)4)16(21)17-15-9-6-8-14(12-15)13(2)20/h6,8-9,12-13,20H,5,7,10-11H2,1-4H3,(H,17,21). The first-order valence-corrected chi connectivity index (χ1v) is 7.42. The van der Waals surface area contributed by atoms with Crippen LogP contribution in [-0.2, 0) is 0 Å². The molecule has 0 saturated heterocycles. The maximum absolute atomic E-state index is 12.2. The number of hydrogen-bond donors (Lipinski definition) is 2. The number of nitrogens with zero attached hydrogens (tertiary/aromatic N) is 2. The molecule has 0 aromatic heterocycles. The summed E-state index contributed by atoms with van der Waals surface area (Å²) >= 11 is 0. The fraction of sp³-hybridized carbons (Fsp3) is 0.562. The van der Waals surface area contributed by atoms with E-state index in [1.165, 1.54) is 0 Å². The van der Waals surface area contributed by atoms with Crippen molar-refractivity contribution in [3.05, 3.63) is 29.8 Å². The van der Waals surface area contributed by atoms with E-state index in [1.807, 2.05) is 39.2 Å². The lowest BCUT2D eigenvalue weighted by Crippen LogP contribution is -2.36. The van der Waals surface area contributed by atoms with Crippen LogP contribution in [0, 0.1) is 0 Å². The molecule has 0 spiro atoms. The Kier molecular flexibility index (Phi) is 7.19. The lowest BCUT2D eigenvalue weighted by atomic mass is 10.1. The van der Waals surface area contributed by atoms with Crippen LogP contribution < -0.4 is 5.32 Å². The molecule has 2 N–H and O–H groups in total. The van der Waals surface area contributed by atoms with Crippen molar-refractivity contribution < 1.29 is 9.90 Å². The zero-order valence-corrected chi connectivity index (χ0v) is 13.5. The minimum atomic E-state index is -0.538. The van der Waals surface area contributed by atoms with Crippen LogP contribution in [0.5, 0.6) is 0 Å². The maximum atomic E-state index is 12.2. The van der Waals surface area contributed by atoms with Crippen LogP contribution in [0.25, 0.3) is 0 Å². The first-order valence-electron chi connectivity index (χ1n) is 7.42. The number of amides is 2. The number of rotatable bonds is 7. The van der Waals surface area contributed by atoms with Gasteiger partial charge in [0.2, 0.25) is 0 Å². The molecule has 0 fully saturated rings. The zero-order valence-electron chi connectivity index (χ0n) is 13.5. The van der Waals surface area contributed by atoms with E-state index in [2.05, 4.69) is 10.2 Å². The Bertz CT molecular complexity index is 447. The van der Waals surface area contributed by atoms with Crippen LogP contribution >= 0.6 is 0 Å². The summed E-state index contributed by atoms with van der Waals surface area (Å²) in [5.74, 6) is 0. The van der Waals surface area contributed by atoms with Crippen molar-refractivity contribution in [1.29, 1.82) is 0 Å². The van der Waals surface area contributed by atoms with Gasteiger partial charge in [-0.25, -0.2) is 4.79 Å². The highest BCUT2D eigenvalue weighted by molar-refractivity contribution is 5.89. The molecule has 2 amide bonds. The van der Waals surface area contributed by atoms with Gasteiger partial charge in [-0.05, 0) is 58.6 Å². The van der Waals surface area contributed by atoms with E-state index in [0.717, 1.165) is 25.1 Å². The van der Waals surface area contributed by atoms with Crippen molar-refractivity contribution in [3.63, 3.8) is 0 Å². The van der Waals surface area contributed by atoms with Gasteiger partial charge in [0.25, 0.3) is 0 Å². The molecule has 0 aliphatic rings. The summed E-state index contributed by atoms with van der Waals surface area (Å²) < 4.78 is 0. The summed E-state index contributed by atoms with van der Waals surface area (Å²) in [5.41, 5.74) is 1.51. The quantitative estimate of drug-likeness (QED) is 0.812. The van der Waals surface area contributed by atoms with Gasteiger partial charge >= 0.3 is 6.03 Å². The van der Waals surface area contributed by atoms with E-state index >= 15 is 0 Å². The SMILES string of the molecule is CCN(CCCN(C)C)C(=O)Nc1cccc(C(C)O)c1. The number of aliphatic hydroxyl groups is 1. The molecule has 0 saturated carbocycles. The van der Waals surface area contributed by atoms with Crippen LogP contribution in [0.1, 0.15) is 31.9 Å². The molecular formula is C16H27N3O2. The summed E-state index contributed by atoms with van der Waals surface area (Å²) in [4.78, 5) is 16.1. The third-order valence-corrected chi connectivity index (χ3v) is 3.32. The van der Waals surface area contributed by atoms with Crippen LogP contribution in [0.2, 0.25) is 0 Å². The summed E-state index contributed by atoms with van der Waals surface area (Å²) in [6.07, 6.45) is 0.409. The molecule has 1 unspecified atom stereocenters. The third-order valence-electron chi connectivity index (χ3n) is 3.32. The van der Waals surface area contributed by atoms with Crippen molar-refractivity contribution in [2.24, 2.45) is 0 Å². The number of nitrogens with one attached hydrogen (secondary N) is 1. The van der Waals surface area contributed by atoms with Gasteiger partial charge in [0.15, 0.2) is 0 Å². The van der Waals surface area contributed by atoms with Crippen LogP contribution in [-0.4, -0.2) is 54.7 Å². The molecule has 1 atom stereocenters. The maximum Gasteiger partial charge on any atom is 0.321 e. The van der Waals surface area contributed by atoms with E-state index < -0.39 is 6.10 Å². The average Bonchev–Trinajstić information content (AvgIpc) is 2.43. The highest BCUT2D eigenvalue weighted by atomic mass is 16.3. The first kappa shape index (κ1) is 17.5. The molecule has 5 nitrogen and oxygen atoms in total. The molecule has 0 radical (unpaired) electrons. The normalized spacial score (nSPS) is 12.3. The van der Waals surface area contributed by atoms with Crippen molar-refractivity contribution in [1.82, 2.24) is 9.80 Å². The fourth-order valence-corrected chi connectivity index (χ4v) is 2.06. The number of aliphatic hydroxyl groups excluding tert-OH is 1. The molecule has 0 aliphatic heterocycles. The van der Waals surface area contributed by atoms with E-state index in [9.17, 15) is 9.90 Å². The van der Waals surface area contributed by atoms with E-state index in [4.69, 9.17) is 0 Å². The Morgan fingerprint density at radius 3 is 2.62 bits per heavy atom. The second-order valence-electron chi connectivity index (χ2n) is 5.47. The van der Waals surface area contributed by atoms with E-state index in [0.29, 0.717) is 12.2 Å². The van der Waals surface area contributed by atoms with Crippen molar-refractivity contribution in [3.8, 4) is 0 Å². The molecule has 0 heterocycles. The summed E-state index contributed by atoms with van der Waals surface area (Å²) in [6, 6.07) is 7.21. The average molecular weight is 293 g/mol. The number of benzene rings is 1. The number of carbonyl (C=O) groups excluding carboxylic acids is 1. The predicted octanol–water partition coefficient (Wildman–Crippen LogP) is 2.55. The number of carbonyl (C=O) groups is 1. The molecule has 0 aliphatic carbocycles. The van der Waals surface area contributed by atoms with Crippen LogP contribution in [0.3, 0.4) is 0 Å². The van der Waals surface area contributed by atoms with Gasteiger partial charge in [-0.15, -0.1) is 0 Å². The first-order chi connectivity index (χ1) is 9.93. The van der Waals surface area contributed by atoms with Gasteiger partial charge in [-0.3, -0.25) is 0 Å². The molecule has 0 bridgehead atoms. The van der Waals surface area contributed by atoms with Gasteiger partial charge in [-0.1, -0.05) is 12.1 Å². The van der Waals surface area contributed by atoms with Gasteiger partial charge in [0, 0.05) is 18.8 Å². The highest BCUT2D eigenvalue weighted by Crippen LogP contribution is 2.17. The van der Waals surface area contributed by atoms with Crippen LogP contribution in [0.4, 0.5) is 10.5 Å². The Labute approximate surface area is 127 Å². The molecule has 1 aromatic rings. The fourth-order valence-electron chi connectivity index (χ4n) is 2.06. The van der Waals surface area contributed by atoms with Crippen molar-refractivity contribution in [2.75, 3.05) is 39.0 Å². The topological polar surface area (TPSA) is 55.8 Å². The molecule has 5 heteroatoms. The second kappa shape index (κ2) is 8.64. The number of hydrogen-bond acceptors (Lipinski definition) is 3. The summed E-state index contributed by atoms with van der Waals surface area (Å²) in [7, 11) is 4.05. The van der Waals surface area contributed by atoms with Gasteiger partial charge in [-0.2, -0.15) is 0 Å². The van der Waals surface area contributed by atoms with Crippen LogP contribution in [0.15, 0.2) is 24.3 Å². The Morgan fingerprint density at radius 2 is 2.05 bits per heavy atom. The summed E-state index contributed by atoms with van der Waals surface area (Å²) in [6.45, 7) is 6.05. The highest BCUT2D eigenvalue weighted by Gasteiger charge is 2.12. The molecular weight excluding hydrogens is 266 g/mol. The molecule has 21 heavy (non-hydrogen) atoms.